The third-order valence-electron chi connectivity index (χ3n) is 3.60. The second kappa shape index (κ2) is 5.17. The molecular weight excluding hydrogens is 309 g/mol. The monoisotopic (exact) mass is 319 g/mol. The largest absolute Gasteiger partial charge is 0.299 e. The Morgan fingerprint density at radius 3 is 2.38 bits per heavy atom. The van der Waals surface area contributed by atoms with Crippen LogP contribution in [-0.4, -0.2) is 11.7 Å². The first kappa shape index (κ1) is 14.1. The van der Waals surface area contributed by atoms with Crippen molar-refractivity contribution in [3.8, 4) is 0 Å². The Labute approximate surface area is 132 Å². The van der Waals surface area contributed by atoms with Crippen molar-refractivity contribution in [2.75, 3.05) is 4.90 Å². The van der Waals surface area contributed by atoms with Gasteiger partial charge >= 0.3 is 0 Å². The molecule has 0 saturated carbocycles. The lowest BCUT2D eigenvalue weighted by molar-refractivity contribution is -0.114. The molecule has 1 amide bonds. The van der Waals surface area contributed by atoms with Gasteiger partial charge in [-0.25, -0.2) is 0 Å². The summed E-state index contributed by atoms with van der Waals surface area (Å²) in [4.78, 5) is 25.8. The Balaban J connectivity index is 2.10. The molecule has 3 rings (SSSR count). The molecule has 5 heteroatoms. The van der Waals surface area contributed by atoms with Crippen LogP contribution in [0, 0.1) is 6.92 Å². The van der Waals surface area contributed by atoms with Crippen molar-refractivity contribution in [2.24, 2.45) is 0 Å². The maximum absolute atomic E-state index is 12.2. The first-order valence-corrected chi connectivity index (χ1v) is 7.15. The molecule has 3 nitrogen and oxygen atoms in total. The molecule has 21 heavy (non-hydrogen) atoms. The zero-order chi connectivity index (χ0) is 15.1. The van der Waals surface area contributed by atoms with Crippen LogP contribution < -0.4 is 4.90 Å². The molecule has 1 heterocycles. The highest BCUT2D eigenvalue weighted by atomic mass is 35.5. The smallest absolute Gasteiger partial charge is 0.299 e. The summed E-state index contributed by atoms with van der Waals surface area (Å²) in [5.74, 6) is -1.20. The van der Waals surface area contributed by atoms with Crippen LogP contribution in [0.4, 0.5) is 5.69 Å². The van der Waals surface area contributed by atoms with Gasteiger partial charge in [-0.1, -0.05) is 47.5 Å². The second-order valence-electron chi connectivity index (χ2n) is 4.90. The molecule has 0 fully saturated rings. The highest BCUT2D eigenvalue weighted by Gasteiger charge is 2.39. The number of aryl methyl sites for hydroxylation is 1. The minimum Gasteiger partial charge on any atom is -0.299 e. The number of hydrogen-bond donors (Lipinski definition) is 0. The number of carbonyl (C=O) groups excluding carboxylic acids is 2. The first-order valence-electron chi connectivity index (χ1n) is 6.39. The van der Waals surface area contributed by atoms with Crippen LogP contribution >= 0.6 is 23.2 Å². The van der Waals surface area contributed by atoms with E-state index < -0.39 is 11.7 Å². The molecule has 0 N–H and O–H groups in total. The Morgan fingerprint density at radius 2 is 1.67 bits per heavy atom. The number of rotatable bonds is 2. The van der Waals surface area contributed by atoms with Gasteiger partial charge < -0.3 is 0 Å². The number of carbonyl (C=O) groups is 2. The van der Waals surface area contributed by atoms with Crippen LogP contribution in [0.1, 0.15) is 21.5 Å². The molecule has 1 aliphatic heterocycles. The summed E-state index contributed by atoms with van der Waals surface area (Å²) in [7, 11) is 0. The lowest BCUT2D eigenvalue weighted by atomic mass is 10.1. The summed E-state index contributed by atoms with van der Waals surface area (Å²) in [5, 5.41) is 0.599. The van der Waals surface area contributed by atoms with E-state index in [4.69, 9.17) is 23.2 Å². The van der Waals surface area contributed by atoms with Crippen LogP contribution in [0.15, 0.2) is 36.4 Å². The van der Waals surface area contributed by atoms with Crippen LogP contribution in [0.5, 0.6) is 0 Å². The van der Waals surface area contributed by atoms with Gasteiger partial charge in [-0.05, 0) is 30.2 Å². The average Bonchev–Trinajstić information content (AvgIpc) is 2.71. The van der Waals surface area contributed by atoms with E-state index in [0.29, 0.717) is 17.3 Å². The Bertz CT molecular complexity index is 771. The highest BCUT2D eigenvalue weighted by Crippen LogP contribution is 2.40. The van der Waals surface area contributed by atoms with Gasteiger partial charge in [0.2, 0.25) is 0 Å². The quantitative estimate of drug-likeness (QED) is 0.784. The molecule has 106 valence electrons. The molecule has 1 aliphatic rings. The molecule has 0 aliphatic carbocycles. The summed E-state index contributed by atoms with van der Waals surface area (Å²) in [5.41, 5.74) is 2.61. The third-order valence-corrected chi connectivity index (χ3v) is 4.22. The summed E-state index contributed by atoms with van der Waals surface area (Å²) >= 11 is 12.2. The summed E-state index contributed by atoms with van der Waals surface area (Å²) in [6.45, 7) is 2.25. The fourth-order valence-corrected chi connectivity index (χ4v) is 2.96. The van der Waals surface area contributed by atoms with E-state index in [9.17, 15) is 9.59 Å². The van der Waals surface area contributed by atoms with Crippen LogP contribution in [-0.2, 0) is 11.3 Å². The van der Waals surface area contributed by atoms with Crippen molar-refractivity contribution in [1.29, 1.82) is 0 Å². The zero-order valence-corrected chi connectivity index (χ0v) is 12.7. The summed E-state index contributed by atoms with van der Waals surface area (Å²) in [6.07, 6.45) is 0. The number of hydrogen-bond acceptors (Lipinski definition) is 2. The molecule has 0 aromatic heterocycles. The maximum atomic E-state index is 12.2. The van der Waals surface area contributed by atoms with Gasteiger partial charge in [0.1, 0.15) is 0 Å². The lowest BCUT2D eigenvalue weighted by Crippen LogP contribution is -2.29. The summed E-state index contributed by atoms with van der Waals surface area (Å²) < 4.78 is 0. The maximum Gasteiger partial charge on any atom is 0.299 e. The van der Waals surface area contributed by atoms with Crippen LogP contribution in [0.3, 0.4) is 0 Å². The number of nitrogens with zero attached hydrogens (tertiary/aromatic N) is 1. The molecule has 2 aromatic rings. The molecule has 0 unspecified atom stereocenters. The van der Waals surface area contributed by atoms with Crippen molar-refractivity contribution in [3.05, 3.63) is 63.1 Å². The Hall–Kier alpha value is -1.84. The van der Waals surface area contributed by atoms with E-state index in [1.54, 1.807) is 6.07 Å². The van der Waals surface area contributed by atoms with Crippen molar-refractivity contribution in [2.45, 2.75) is 13.5 Å². The number of halogens is 2. The fourth-order valence-electron chi connectivity index (χ4n) is 2.46. The minimum atomic E-state index is -0.605. The van der Waals surface area contributed by atoms with Crippen molar-refractivity contribution in [1.82, 2.24) is 0 Å². The van der Waals surface area contributed by atoms with Crippen LogP contribution in [0.25, 0.3) is 0 Å². The Kier molecular flexibility index (Phi) is 3.47. The molecule has 0 spiro atoms. The number of fused-ring (bicyclic) bond motifs is 1. The number of anilines is 1. The number of amides is 1. The first-order chi connectivity index (χ1) is 10.0. The van der Waals surface area contributed by atoms with Crippen molar-refractivity contribution >= 4 is 40.6 Å². The zero-order valence-electron chi connectivity index (χ0n) is 11.2. The van der Waals surface area contributed by atoms with Crippen LogP contribution in [0.2, 0.25) is 10.0 Å². The lowest BCUT2D eigenvalue weighted by Gasteiger charge is -2.19. The Morgan fingerprint density at radius 1 is 1.00 bits per heavy atom. The van der Waals surface area contributed by atoms with E-state index in [0.717, 1.165) is 11.1 Å². The normalized spacial score (nSPS) is 13.8. The molecule has 0 radical (unpaired) electrons. The molecule has 0 saturated heterocycles. The predicted molar refractivity (Wildman–Crippen MR) is 83.2 cm³/mol. The highest BCUT2D eigenvalue weighted by molar-refractivity contribution is 6.56. The number of benzene rings is 2. The van der Waals surface area contributed by atoms with Gasteiger partial charge in [0.15, 0.2) is 0 Å². The van der Waals surface area contributed by atoms with Gasteiger partial charge in [-0.15, -0.1) is 0 Å². The third kappa shape index (κ3) is 2.23. The second-order valence-corrected chi connectivity index (χ2v) is 5.71. The number of Topliss-reactive ketones (excluding diaryl/α,β-unsaturated/α-hetero) is 1. The number of ketones is 1. The molecule has 2 aromatic carbocycles. The van der Waals surface area contributed by atoms with Crippen molar-refractivity contribution < 1.29 is 9.59 Å². The molecule has 0 bridgehead atoms. The summed E-state index contributed by atoms with van der Waals surface area (Å²) in [6, 6.07) is 10.8. The molecular formula is C16H11Cl2NO2. The SMILES string of the molecule is Cc1ccccc1CN1C(=O)C(=O)c2c(Cl)ccc(Cl)c21. The fraction of sp³-hybridized carbons (Fsp3) is 0.125. The van der Waals surface area contributed by atoms with E-state index >= 15 is 0 Å². The van der Waals surface area contributed by atoms with E-state index in [2.05, 4.69) is 0 Å². The predicted octanol–water partition coefficient (Wildman–Crippen LogP) is 4.03. The van der Waals surface area contributed by atoms with E-state index in [1.165, 1.54) is 11.0 Å². The van der Waals surface area contributed by atoms with Gasteiger partial charge in [0, 0.05) is 0 Å². The van der Waals surface area contributed by atoms with Gasteiger partial charge in [0.05, 0.1) is 27.8 Å². The van der Waals surface area contributed by atoms with E-state index in [-0.39, 0.29) is 10.6 Å². The minimum absolute atomic E-state index is 0.197. The van der Waals surface area contributed by atoms with Gasteiger partial charge in [-0.3, -0.25) is 14.5 Å². The van der Waals surface area contributed by atoms with E-state index in [1.807, 2.05) is 31.2 Å². The average molecular weight is 320 g/mol. The molecule has 0 atom stereocenters. The van der Waals surface area contributed by atoms with Crippen molar-refractivity contribution in [3.63, 3.8) is 0 Å². The van der Waals surface area contributed by atoms with Gasteiger partial charge in [0.25, 0.3) is 11.7 Å². The topological polar surface area (TPSA) is 37.4 Å². The standard InChI is InChI=1S/C16H11Cl2NO2/c1-9-4-2-3-5-10(9)8-19-14-12(18)7-6-11(17)13(14)15(20)16(19)21/h2-7H,8H2,1H3. The van der Waals surface area contributed by atoms with Gasteiger partial charge in [-0.2, -0.15) is 0 Å².